The zero-order valence-electron chi connectivity index (χ0n) is 16.5. The van der Waals surface area contributed by atoms with Crippen molar-refractivity contribution in [2.45, 2.75) is 18.9 Å². The predicted molar refractivity (Wildman–Crippen MR) is 115 cm³/mol. The van der Waals surface area contributed by atoms with Gasteiger partial charge in [-0.2, -0.15) is 0 Å². The van der Waals surface area contributed by atoms with Gasteiger partial charge < -0.3 is 20.1 Å². The van der Waals surface area contributed by atoms with Gasteiger partial charge in [0, 0.05) is 11.4 Å². The van der Waals surface area contributed by atoms with E-state index in [0.29, 0.717) is 41.0 Å². The highest BCUT2D eigenvalue weighted by molar-refractivity contribution is 6.36. The lowest BCUT2D eigenvalue weighted by Gasteiger charge is -2.23. The van der Waals surface area contributed by atoms with Gasteiger partial charge in [-0.25, -0.2) is 4.79 Å². The van der Waals surface area contributed by atoms with Crippen molar-refractivity contribution in [2.75, 3.05) is 25.1 Å². The Kier molecular flexibility index (Phi) is 5.68. The molecule has 1 fully saturated rings. The van der Waals surface area contributed by atoms with E-state index in [-0.39, 0.29) is 5.02 Å². The first-order valence-corrected chi connectivity index (χ1v) is 10.3. The number of rotatable bonds is 4. The summed E-state index contributed by atoms with van der Waals surface area (Å²) < 4.78 is 11.3. The Morgan fingerprint density at radius 1 is 1.13 bits per heavy atom. The van der Waals surface area contributed by atoms with Crippen molar-refractivity contribution in [1.29, 1.82) is 0 Å². The molecule has 2 aromatic carbocycles. The number of hydrogen-bond donors (Lipinski definition) is 2. The maximum Gasteiger partial charge on any atom is 0.325 e. The van der Waals surface area contributed by atoms with E-state index in [0.717, 1.165) is 11.3 Å². The minimum Gasteiger partial charge on any atom is -0.490 e. The van der Waals surface area contributed by atoms with Gasteiger partial charge in [0.2, 0.25) is 5.91 Å². The number of urea groups is 1. The van der Waals surface area contributed by atoms with E-state index in [2.05, 4.69) is 10.6 Å². The summed E-state index contributed by atoms with van der Waals surface area (Å²) >= 11 is 11.9. The highest BCUT2D eigenvalue weighted by atomic mass is 35.5. The van der Waals surface area contributed by atoms with E-state index in [4.69, 9.17) is 32.7 Å². The van der Waals surface area contributed by atoms with Crippen LogP contribution in [0.4, 0.5) is 10.5 Å². The molecule has 0 aliphatic carbocycles. The molecule has 0 unspecified atom stereocenters. The van der Waals surface area contributed by atoms with Gasteiger partial charge in [-0.05, 0) is 42.8 Å². The number of nitrogens with one attached hydrogen (secondary N) is 2. The molecular formula is C21H19Cl2N3O5. The molecule has 10 heteroatoms. The number of anilines is 1. The fraction of sp³-hybridized carbons (Fsp3) is 0.286. The van der Waals surface area contributed by atoms with Crippen molar-refractivity contribution in [3.8, 4) is 11.5 Å². The Balaban J connectivity index is 1.51. The van der Waals surface area contributed by atoms with Crippen LogP contribution in [0.25, 0.3) is 0 Å². The molecular weight excluding hydrogens is 445 g/mol. The number of amides is 4. The summed E-state index contributed by atoms with van der Waals surface area (Å²) in [6, 6.07) is 9.00. The molecule has 31 heavy (non-hydrogen) atoms. The number of halogens is 2. The molecule has 2 aliphatic rings. The Labute approximate surface area is 188 Å². The summed E-state index contributed by atoms with van der Waals surface area (Å²) in [5, 5.41) is 5.92. The van der Waals surface area contributed by atoms with E-state index in [1.165, 1.54) is 12.1 Å². The van der Waals surface area contributed by atoms with Crippen LogP contribution < -0.4 is 20.1 Å². The number of imide groups is 1. The summed E-state index contributed by atoms with van der Waals surface area (Å²) in [6.07, 6.45) is 0.747. The number of nitrogens with zero attached hydrogens (tertiary/aromatic N) is 1. The van der Waals surface area contributed by atoms with Crippen LogP contribution in [0.5, 0.6) is 11.5 Å². The van der Waals surface area contributed by atoms with Crippen LogP contribution in [-0.2, 0) is 15.1 Å². The Hall–Kier alpha value is -2.97. The van der Waals surface area contributed by atoms with Gasteiger partial charge in [-0.1, -0.05) is 29.3 Å². The molecule has 162 valence electrons. The molecule has 4 rings (SSSR count). The average Bonchev–Trinajstić information content (AvgIpc) is 2.90. The van der Waals surface area contributed by atoms with Gasteiger partial charge in [0.1, 0.15) is 12.1 Å². The largest absolute Gasteiger partial charge is 0.490 e. The first kappa shape index (κ1) is 21.3. The number of carbonyl (C=O) groups is 3. The van der Waals surface area contributed by atoms with Crippen molar-refractivity contribution in [3.63, 3.8) is 0 Å². The van der Waals surface area contributed by atoms with E-state index in [1.807, 2.05) is 0 Å². The van der Waals surface area contributed by atoms with Crippen LogP contribution >= 0.6 is 23.2 Å². The first-order chi connectivity index (χ1) is 14.8. The van der Waals surface area contributed by atoms with Gasteiger partial charge in [0.25, 0.3) is 5.91 Å². The van der Waals surface area contributed by atoms with Crippen LogP contribution in [0, 0.1) is 0 Å². The van der Waals surface area contributed by atoms with Gasteiger partial charge in [-0.3, -0.25) is 14.5 Å². The average molecular weight is 464 g/mol. The SMILES string of the molecule is C[C@]1(c2ccc3c(c2)OCCCO3)NC(=O)N(CC(=O)Nc2ccc(Cl)cc2Cl)C1=O. The maximum atomic E-state index is 13.1. The molecule has 0 saturated carbocycles. The topological polar surface area (TPSA) is 97.0 Å². The second-order valence-electron chi connectivity index (χ2n) is 7.33. The number of benzene rings is 2. The summed E-state index contributed by atoms with van der Waals surface area (Å²) in [4.78, 5) is 39.0. The molecule has 0 aromatic heterocycles. The van der Waals surface area contributed by atoms with Gasteiger partial charge in [0.15, 0.2) is 11.5 Å². The molecule has 2 heterocycles. The summed E-state index contributed by atoms with van der Waals surface area (Å²) in [5.41, 5.74) is -0.493. The number of ether oxygens (including phenoxy) is 2. The van der Waals surface area contributed by atoms with E-state index >= 15 is 0 Å². The highest BCUT2D eigenvalue weighted by Gasteiger charge is 2.49. The molecule has 0 radical (unpaired) electrons. The Morgan fingerprint density at radius 2 is 1.87 bits per heavy atom. The normalized spacial score (nSPS) is 20.3. The maximum absolute atomic E-state index is 13.1. The van der Waals surface area contributed by atoms with E-state index < -0.39 is 29.9 Å². The zero-order valence-corrected chi connectivity index (χ0v) is 18.0. The van der Waals surface area contributed by atoms with Gasteiger partial charge in [-0.15, -0.1) is 0 Å². The molecule has 1 atom stereocenters. The van der Waals surface area contributed by atoms with Crippen molar-refractivity contribution < 1.29 is 23.9 Å². The van der Waals surface area contributed by atoms with Gasteiger partial charge in [0.05, 0.1) is 23.9 Å². The molecule has 2 N–H and O–H groups in total. The van der Waals surface area contributed by atoms with Crippen molar-refractivity contribution in [2.24, 2.45) is 0 Å². The molecule has 2 aromatic rings. The van der Waals surface area contributed by atoms with E-state index in [1.54, 1.807) is 31.2 Å². The molecule has 0 spiro atoms. The fourth-order valence-corrected chi connectivity index (χ4v) is 3.89. The summed E-state index contributed by atoms with van der Waals surface area (Å²) in [7, 11) is 0. The van der Waals surface area contributed by atoms with Gasteiger partial charge >= 0.3 is 6.03 Å². The lowest BCUT2D eigenvalue weighted by Crippen LogP contribution is -2.42. The third kappa shape index (κ3) is 4.13. The molecule has 8 nitrogen and oxygen atoms in total. The number of fused-ring (bicyclic) bond motifs is 1. The monoisotopic (exact) mass is 463 g/mol. The van der Waals surface area contributed by atoms with Crippen molar-refractivity contribution >= 4 is 46.7 Å². The smallest absolute Gasteiger partial charge is 0.325 e. The molecule has 0 bridgehead atoms. The molecule has 1 saturated heterocycles. The molecule has 2 aliphatic heterocycles. The van der Waals surface area contributed by atoms with Crippen LogP contribution in [0.1, 0.15) is 18.9 Å². The second kappa shape index (κ2) is 8.28. The standard InChI is InChI=1S/C21H19Cl2N3O5/c1-21(12-3-6-16-17(9-12)31-8-2-7-30-16)19(28)26(20(29)25-21)11-18(27)24-15-5-4-13(22)10-14(15)23/h3-6,9-10H,2,7-8,11H2,1H3,(H,24,27)(H,25,29)/t21-/m1/s1. The van der Waals surface area contributed by atoms with Crippen LogP contribution in [-0.4, -0.2) is 42.5 Å². The van der Waals surface area contributed by atoms with E-state index in [9.17, 15) is 14.4 Å². The third-order valence-electron chi connectivity index (χ3n) is 5.11. The lowest BCUT2D eigenvalue weighted by atomic mass is 9.91. The Morgan fingerprint density at radius 3 is 2.61 bits per heavy atom. The zero-order chi connectivity index (χ0) is 22.2. The fourth-order valence-electron chi connectivity index (χ4n) is 3.43. The van der Waals surface area contributed by atoms with Crippen molar-refractivity contribution in [1.82, 2.24) is 10.2 Å². The summed E-state index contributed by atoms with van der Waals surface area (Å²) in [5.74, 6) is -0.0375. The molecule has 4 amide bonds. The summed E-state index contributed by atoms with van der Waals surface area (Å²) in [6.45, 7) is 2.15. The minimum atomic E-state index is -1.35. The number of carbonyl (C=O) groups excluding carboxylic acids is 3. The third-order valence-corrected chi connectivity index (χ3v) is 5.65. The highest BCUT2D eigenvalue weighted by Crippen LogP contribution is 2.36. The second-order valence-corrected chi connectivity index (χ2v) is 8.17. The van der Waals surface area contributed by atoms with Crippen LogP contribution in [0.2, 0.25) is 10.0 Å². The first-order valence-electron chi connectivity index (χ1n) is 9.57. The van der Waals surface area contributed by atoms with Crippen molar-refractivity contribution in [3.05, 3.63) is 52.0 Å². The minimum absolute atomic E-state index is 0.245. The Bertz CT molecular complexity index is 1080. The van der Waals surface area contributed by atoms with Crippen LogP contribution in [0.15, 0.2) is 36.4 Å². The predicted octanol–water partition coefficient (Wildman–Crippen LogP) is 3.56. The lowest BCUT2D eigenvalue weighted by molar-refractivity contribution is -0.133. The quantitative estimate of drug-likeness (QED) is 0.675. The number of hydrogen-bond acceptors (Lipinski definition) is 5. The van der Waals surface area contributed by atoms with Crippen LogP contribution in [0.3, 0.4) is 0 Å².